The van der Waals surface area contributed by atoms with E-state index >= 15 is 0 Å². The average molecular weight is 470 g/mol. The van der Waals surface area contributed by atoms with Gasteiger partial charge in [0.25, 0.3) is 5.91 Å². The molecule has 5 heteroatoms. The lowest BCUT2D eigenvalue weighted by molar-refractivity contribution is 0.0937. The number of aryl methyl sites for hydroxylation is 1. The van der Waals surface area contributed by atoms with E-state index in [2.05, 4.69) is 54.1 Å². The normalized spacial score (nSPS) is 12.9. The van der Waals surface area contributed by atoms with Gasteiger partial charge < -0.3 is 14.6 Å². The number of carbonyl (C=O) groups excluding carboxylic acids is 1. The van der Waals surface area contributed by atoms with Gasteiger partial charge >= 0.3 is 0 Å². The molecule has 4 rings (SSSR count). The molecule has 3 aromatic carbocycles. The Balaban J connectivity index is 1.37. The highest BCUT2D eigenvalue weighted by molar-refractivity contribution is 5.94. The Morgan fingerprint density at radius 2 is 1.66 bits per heavy atom. The number of amides is 1. The molecule has 0 fully saturated rings. The first-order chi connectivity index (χ1) is 17.1. The Labute approximate surface area is 208 Å². The predicted octanol–water partition coefficient (Wildman–Crippen LogP) is 6.90. The lowest BCUT2D eigenvalue weighted by Gasteiger charge is -2.17. The highest BCUT2D eigenvalue weighted by atomic mass is 16.5. The van der Waals surface area contributed by atoms with Crippen LogP contribution in [0.3, 0.4) is 0 Å². The van der Waals surface area contributed by atoms with E-state index in [-0.39, 0.29) is 11.9 Å². The molecule has 35 heavy (non-hydrogen) atoms. The molecule has 0 saturated carbocycles. The summed E-state index contributed by atoms with van der Waals surface area (Å²) in [5.41, 5.74) is 4.04. The number of fused-ring (bicyclic) bond motifs is 1. The highest BCUT2D eigenvalue weighted by Gasteiger charge is 2.19. The number of aromatic nitrogens is 2. The summed E-state index contributed by atoms with van der Waals surface area (Å²) >= 11 is 0. The van der Waals surface area contributed by atoms with Crippen LogP contribution in [0, 0.1) is 0 Å². The fourth-order valence-corrected chi connectivity index (χ4v) is 4.28. The second kappa shape index (κ2) is 11.7. The maximum absolute atomic E-state index is 12.7. The van der Waals surface area contributed by atoms with Crippen LogP contribution in [0.25, 0.3) is 11.0 Å². The predicted molar refractivity (Wildman–Crippen MR) is 142 cm³/mol. The smallest absolute Gasteiger partial charge is 0.251 e. The van der Waals surface area contributed by atoms with Crippen LogP contribution in [-0.4, -0.2) is 22.1 Å². The molecule has 1 heterocycles. The average Bonchev–Trinajstić information content (AvgIpc) is 3.27. The first-order valence-corrected chi connectivity index (χ1v) is 12.6. The van der Waals surface area contributed by atoms with Gasteiger partial charge in [0.1, 0.15) is 11.6 Å². The first-order valence-electron chi connectivity index (χ1n) is 12.6. The van der Waals surface area contributed by atoms with Crippen LogP contribution >= 0.6 is 0 Å². The van der Waals surface area contributed by atoms with E-state index in [1.165, 1.54) is 5.56 Å². The molecule has 4 aromatic rings. The van der Waals surface area contributed by atoms with E-state index in [0.29, 0.717) is 18.1 Å². The molecule has 2 atom stereocenters. The monoisotopic (exact) mass is 469 g/mol. The molecule has 5 nitrogen and oxygen atoms in total. The van der Waals surface area contributed by atoms with Gasteiger partial charge in [0.15, 0.2) is 0 Å². The third-order valence-corrected chi connectivity index (χ3v) is 6.56. The Morgan fingerprint density at radius 1 is 0.943 bits per heavy atom. The Kier molecular flexibility index (Phi) is 8.19. The number of hydrogen-bond acceptors (Lipinski definition) is 3. The number of hydrogen-bond donors (Lipinski definition) is 1. The van der Waals surface area contributed by atoms with Crippen molar-refractivity contribution < 1.29 is 9.53 Å². The Bertz CT molecular complexity index is 1230. The topological polar surface area (TPSA) is 56.1 Å². The third kappa shape index (κ3) is 6.10. The molecule has 1 N–H and O–H groups in total. The molecular formula is C30H35N3O2. The molecular weight excluding hydrogens is 434 g/mol. The fraction of sp³-hybridized carbons (Fsp3) is 0.333. The van der Waals surface area contributed by atoms with E-state index in [0.717, 1.165) is 48.4 Å². The van der Waals surface area contributed by atoms with Crippen LogP contribution in [0.4, 0.5) is 0 Å². The van der Waals surface area contributed by atoms with Crippen molar-refractivity contribution in [3.8, 4) is 5.75 Å². The van der Waals surface area contributed by atoms with Crippen molar-refractivity contribution in [2.45, 2.75) is 58.5 Å². The molecule has 182 valence electrons. The number of benzene rings is 3. The van der Waals surface area contributed by atoms with Crippen molar-refractivity contribution in [3.63, 3.8) is 0 Å². The van der Waals surface area contributed by atoms with Gasteiger partial charge in [-0.2, -0.15) is 0 Å². The summed E-state index contributed by atoms with van der Waals surface area (Å²) in [4.78, 5) is 17.6. The third-order valence-electron chi connectivity index (χ3n) is 6.56. The number of para-hydroxylation sites is 2. The molecule has 2 unspecified atom stereocenters. The zero-order valence-corrected chi connectivity index (χ0v) is 20.9. The van der Waals surface area contributed by atoms with Crippen molar-refractivity contribution in [2.24, 2.45) is 0 Å². The van der Waals surface area contributed by atoms with Gasteiger partial charge in [-0.3, -0.25) is 4.79 Å². The quantitative estimate of drug-likeness (QED) is 0.243. The lowest BCUT2D eigenvalue weighted by Crippen LogP contribution is -2.28. The molecule has 0 bridgehead atoms. The Morgan fingerprint density at radius 3 is 2.40 bits per heavy atom. The summed E-state index contributed by atoms with van der Waals surface area (Å²) in [6.07, 6.45) is 3.03. The van der Waals surface area contributed by atoms with Gasteiger partial charge in [-0.25, -0.2) is 4.98 Å². The summed E-state index contributed by atoms with van der Waals surface area (Å²) in [5, 5.41) is 3.11. The van der Waals surface area contributed by atoms with Gasteiger partial charge in [0.2, 0.25) is 0 Å². The molecule has 1 aromatic heterocycles. The van der Waals surface area contributed by atoms with Crippen molar-refractivity contribution in [1.29, 1.82) is 0 Å². The van der Waals surface area contributed by atoms with E-state index in [1.807, 2.05) is 55.5 Å². The SMILES string of the molecule is CCC(C)c1ccc(OCCCCn2c(C(C)NC(=O)c3ccccc3)nc3ccccc32)cc1. The first kappa shape index (κ1) is 24.5. The van der Waals surface area contributed by atoms with Gasteiger partial charge in [-0.15, -0.1) is 0 Å². The molecule has 0 spiro atoms. The highest BCUT2D eigenvalue weighted by Crippen LogP contribution is 2.23. The molecule has 0 aliphatic heterocycles. The summed E-state index contributed by atoms with van der Waals surface area (Å²) in [7, 11) is 0. The minimum absolute atomic E-state index is 0.0931. The van der Waals surface area contributed by atoms with Crippen molar-refractivity contribution >= 4 is 16.9 Å². The van der Waals surface area contributed by atoms with Gasteiger partial charge in [0, 0.05) is 12.1 Å². The number of unbranched alkanes of at least 4 members (excludes halogenated alkanes) is 1. The van der Waals surface area contributed by atoms with Gasteiger partial charge in [0.05, 0.1) is 23.7 Å². The van der Waals surface area contributed by atoms with Crippen molar-refractivity contribution in [2.75, 3.05) is 6.61 Å². The number of nitrogens with zero attached hydrogens (tertiary/aromatic N) is 2. The Hall–Kier alpha value is -3.60. The summed E-state index contributed by atoms with van der Waals surface area (Å²) in [5.74, 6) is 2.27. The summed E-state index contributed by atoms with van der Waals surface area (Å²) < 4.78 is 8.21. The van der Waals surface area contributed by atoms with Crippen LogP contribution < -0.4 is 10.1 Å². The van der Waals surface area contributed by atoms with Crippen LogP contribution in [0.15, 0.2) is 78.9 Å². The molecule has 1 amide bonds. The number of nitrogens with one attached hydrogen (secondary N) is 1. The molecule has 0 radical (unpaired) electrons. The minimum atomic E-state index is -0.213. The second-order valence-electron chi connectivity index (χ2n) is 9.11. The molecule has 0 aliphatic rings. The summed E-state index contributed by atoms with van der Waals surface area (Å²) in [6.45, 7) is 7.94. The molecule has 0 aliphatic carbocycles. The number of carbonyl (C=O) groups is 1. The zero-order chi connectivity index (χ0) is 24.6. The second-order valence-corrected chi connectivity index (χ2v) is 9.11. The maximum Gasteiger partial charge on any atom is 0.251 e. The lowest BCUT2D eigenvalue weighted by atomic mass is 9.99. The number of ether oxygens (including phenoxy) is 1. The van der Waals surface area contributed by atoms with E-state index < -0.39 is 0 Å². The maximum atomic E-state index is 12.7. The van der Waals surface area contributed by atoms with Crippen LogP contribution in [0.2, 0.25) is 0 Å². The molecule has 0 saturated heterocycles. The number of imidazole rings is 1. The van der Waals surface area contributed by atoms with E-state index in [9.17, 15) is 4.79 Å². The van der Waals surface area contributed by atoms with Gasteiger partial charge in [-0.05, 0) is 74.1 Å². The minimum Gasteiger partial charge on any atom is -0.494 e. The largest absolute Gasteiger partial charge is 0.494 e. The fourth-order valence-electron chi connectivity index (χ4n) is 4.28. The standard InChI is InChI=1S/C30H35N3O2/c1-4-22(2)24-16-18-26(19-17-24)35-21-11-10-20-33-28-15-9-8-14-27(28)32-29(33)23(3)31-30(34)25-12-6-5-7-13-25/h5-9,12-19,22-23H,4,10-11,20-21H2,1-3H3,(H,31,34). The van der Waals surface area contributed by atoms with Gasteiger partial charge in [-0.1, -0.05) is 56.3 Å². The van der Waals surface area contributed by atoms with Crippen molar-refractivity contribution in [3.05, 3.63) is 95.8 Å². The van der Waals surface area contributed by atoms with E-state index in [4.69, 9.17) is 9.72 Å². The van der Waals surface area contributed by atoms with Crippen molar-refractivity contribution in [1.82, 2.24) is 14.9 Å². The zero-order valence-electron chi connectivity index (χ0n) is 20.9. The van der Waals surface area contributed by atoms with Crippen LogP contribution in [0.5, 0.6) is 5.75 Å². The number of rotatable bonds is 11. The van der Waals surface area contributed by atoms with Crippen LogP contribution in [0.1, 0.15) is 73.7 Å². The van der Waals surface area contributed by atoms with Crippen LogP contribution in [-0.2, 0) is 6.54 Å². The van der Waals surface area contributed by atoms with E-state index in [1.54, 1.807) is 0 Å². The summed E-state index contributed by atoms with van der Waals surface area (Å²) in [6, 6.07) is 25.7.